The average molecular weight is 334 g/mol. The largest absolute Gasteiger partial charge is 0.240 e. The predicted octanol–water partition coefficient (Wildman–Crippen LogP) is 3.74. The van der Waals surface area contributed by atoms with Gasteiger partial charge in [-0.05, 0) is 28.5 Å². The molecule has 0 aromatic heterocycles. The minimum atomic E-state index is -3.48. The Labute approximate surface area is 136 Å². The van der Waals surface area contributed by atoms with Gasteiger partial charge in [-0.15, -0.1) is 12.4 Å². The molecule has 0 bridgehead atoms. The van der Waals surface area contributed by atoms with Crippen LogP contribution in [0.4, 0.5) is 0 Å². The van der Waals surface area contributed by atoms with E-state index in [2.05, 4.69) is 4.72 Å². The van der Waals surface area contributed by atoms with Crippen LogP contribution in [0.3, 0.4) is 0 Å². The Kier molecular flexibility index (Phi) is 5.19. The second-order valence-electron chi connectivity index (χ2n) is 4.78. The maximum Gasteiger partial charge on any atom is 0.240 e. The highest BCUT2D eigenvalue weighted by Gasteiger charge is 2.13. The van der Waals surface area contributed by atoms with Crippen molar-refractivity contribution in [2.45, 2.75) is 11.4 Å². The zero-order valence-electron chi connectivity index (χ0n) is 11.8. The molecule has 3 aromatic rings. The molecule has 3 nitrogen and oxygen atoms in total. The molecule has 0 aliphatic carbocycles. The van der Waals surface area contributed by atoms with E-state index in [4.69, 9.17) is 0 Å². The highest BCUT2D eigenvalue weighted by molar-refractivity contribution is 7.89. The molecule has 0 aliphatic heterocycles. The highest BCUT2D eigenvalue weighted by atomic mass is 35.5. The third-order valence-corrected chi connectivity index (χ3v) is 4.80. The number of benzene rings is 3. The van der Waals surface area contributed by atoms with Crippen LogP contribution in [-0.4, -0.2) is 8.42 Å². The second kappa shape index (κ2) is 6.92. The maximum atomic E-state index is 12.2. The van der Waals surface area contributed by atoms with Crippen molar-refractivity contribution in [3.05, 3.63) is 78.4 Å². The van der Waals surface area contributed by atoms with Gasteiger partial charge >= 0.3 is 0 Å². The number of rotatable bonds is 4. The molecule has 3 aromatic carbocycles. The normalized spacial score (nSPS) is 11.1. The van der Waals surface area contributed by atoms with E-state index >= 15 is 0 Å². The number of halogens is 1. The second-order valence-corrected chi connectivity index (χ2v) is 6.54. The van der Waals surface area contributed by atoms with Gasteiger partial charge in [-0.2, -0.15) is 0 Å². The SMILES string of the molecule is Cl.O=S(=O)(NCc1cccc2ccccc12)c1ccccc1. The number of sulfonamides is 1. The third-order valence-electron chi connectivity index (χ3n) is 3.39. The van der Waals surface area contributed by atoms with Crippen molar-refractivity contribution >= 4 is 33.2 Å². The molecule has 114 valence electrons. The smallest absolute Gasteiger partial charge is 0.207 e. The quantitative estimate of drug-likeness (QED) is 0.790. The third kappa shape index (κ3) is 3.47. The lowest BCUT2D eigenvalue weighted by molar-refractivity contribution is 0.581. The number of hydrogen-bond acceptors (Lipinski definition) is 2. The fraction of sp³-hybridized carbons (Fsp3) is 0.0588. The van der Waals surface area contributed by atoms with Gasteiger partial charge in [-0.1, -0.05) is 60.7 Å². The molecule has 0 saturated heterocycles. The molecule has 0 spiro atoms. The van der Waals surface area contributed by atoms with Gasteiger partial charge in [0.15, 0.2) is 0 Å². The summed E-state index contributed by atoms with van der Waals surface area (Å²) >= 11 is 0. The fourth-order valence-electron chi connectivity index (χ4n) is 2.30. The van der Waals surface area contributed by atoms with Gasteiger partial charge in [0.2, 0.25) is 10.0 Å². The molecule has 5 heteroatoms. The van der Waals surface area contributed by atoms with Gasteiger partial charge in [-0.25, -0.2) is 13.1 Å². The van der Waals surface area contributed by atoms with Crippen LogP contribution in [0.15, 0.2) is 77.7 Å². The first kappa shape index (κ1) is 16.5. The lowest BCUT2D eigenvalue weighted by atomic mass is 10.1. The Morgan fingerprint density at radius 2 is 1.41 bits per heavy atom. The minimum Gasteiger partial charge on any atom is -0.207 e. The molecule has 22 heavy (non-hydrogen) atoms. The topological polar surface area (TPSA) is 46.2 Å². The molecule has 0 unspecified atom stereocenters. The number of fused-ring (bicyclic) bond motifs is 1. The van der Waals surface area contributed by atoms with Crippen molar-refractivity contribution in [2.75, 3.05) is 0 Å². The Balaban J connectivity index is 0.00000176. The summed E-state index contributed by atoms with van der Waals surface area (Å²) in [6.45, 7) is 0.276. The Morgan fingerprint density at radius 3 is 2.18 bits per heavy atom. The van der Waals surface area contributed by atoms with E-state index in [1.165, 1.54) is 0 Å². The Bertz CT molecular complexity index is 859. The number of hydrogen-bond donors (Lipinski definition) is 1. The monoisotopic (exact) mass is 333 g/mol. The summed E-state index contributed by atoms with van der Waals surface area (Å²) in [5.41, 5.74) is 0.965. The molecular weight excluding hydrogens is 318 g/mol. The van der Waals surface area contributed by atoms with Crippen LogP contribution in [0, 0.1) is 0 Å². The van der Waals surface area contributed by atoms with Gasteiger partial charge in [0.05, 0.1) is 4.90 Å². The van der Waals surface area contributed by atoms with E-state index in [-0.39, 0.29) is 23.8 Å². The lowest BCUT2D eigenvalue weighted by Gasteiger charge is -2.09. The molecule has 0 atom stereocenters. The van der Waals surface area contributed by atoms with Crippen LogP contribution >= 0.6 is 12.4 Å². The zero-order chi connectivity index (χ0) is 14.7. The minimum absolute atomic E-state index is 0. The zero-order valence-corrected chi connectivity index (χ0v) is 13.4. The molecule has 0 amide bonds. The summed E-state index contributed by atoms with van der Waals surface area (Å²) in [4.78, 5) is 0.283. The first-order valence-electron chi connectivity index (χ1n) is 6.68. The first-order valence-corrected chi connectivity index (χ1v) is 8.16. The van der Waals surface area contributed by atoms with Crippen LogP contribution in [0.1, 0.15) is 5.56 Å². The number of nitrogens with one attached hydrogen (secondary N) is 1. The van der Waals surface area contributed by atoms with Crippen LogP contribution in [0.2, 0.25) is 0 Å². The summed E-state index contributed by atoms with van der Waals surface area (Å²) in [6, 6.07) is 22.2. The first-order chi connectivity index (χ1) is 10.2. The summed E-state index contributed by atoms with van der Waals surface area (Å²) in [5.74, 6) is 0. The standard InChI is InChI=1S/C17H15NO2S.ClH/c19-21(20,16-10-2-1-3-11-16)18-13-15-9-6-8-14-7-4-5-12-17(14)15;/h1-12,18H,13H2;1H. The van der Waals surface area contributed by atoms with Gasteiger partial charge in [0.1, 0.15) is 0 Å². The van der Waals surface area contributed by atoms with E-state index in [9.17, 15) is 8.42 Å². The van der Waals surface area contributed by atoms with E-state index in [1.807, 2.05) is 42.5 Å². The van der Waals surface area contributed by atoms with Crippen molar-refractivity contribution in [1.29, 1.82) is 0 Å². The van der Waals surface area contributed by atoms with Crippen LogP contribution < -0.4 is 4.72 Å². The van der Waals surface area contributed by atoms with E-state index in [0.717, 1.165) is 16.3 Å². The van der Waals surface area contributed by atoms with E-state index < -0.39 is 10.0 Å². The highest BCUT2D eigenvalue weighted by Crippen LogP contribution is 2.19. The predicted molar refractivity (Wildman–Crippen MR) is 91.7 cm³/mol. The van der Waals surface area contributed by atoms with Crippen molar-refractivity contribution in [3.63, 3.8) is 0 Å². The van der Waals surface area contributed by atoms with Crippen molar-refractivity contribution < 1.29 is 8.42 Å². The van der Waals surface area contributed by atoms with Crippen molar-refractivity contribution in [3.8, 4) is 0 Å². The van der Waals surface area contributed by atoms with Crippen molar-refractivity contribution in [1.82, 2.24) is 4.72 Å². The molecule has 1 N–H and O–H groups in total. The summed E-state index contributed by atoms with van der Waals surface area (Å²) in [6.07, 6.45) is 0. The Morgan fingerprint density at radius 1 is 0.773 bits per heavy atom. The lowest BCUT2D eigenvalue weighted by Crippen LogP contribution is -2.23. The maximum absolute atomic E-state index is 12.2. The van der Waals surface area contributed by atoms with Crippen molar-refractivity contribution in [2.24, 2.45) is 0 Å². The molecule has 3 rings (SSSR count). The Hall–Kier alpha value is -1.88. The summed E-state index contributed by atoms with van der Waals surface area (Å²) in [5, 5.41) is 2.17. The molecular formula is C17H16ClNO2S. The van der Waals surface area contributed by atoms with Gasteiger partial charge in [0, 0.05) is 6.54 Å². The molecule has 0 fully saturated rings. The fourth-order valence-corrected chi connectivity index (χ4v) is 3.33. The van der Waals surface area contributed by atoms with E-state index in [1.54, 1.807) is 30.3 Å². The van der Waals surface area contributed by atoms with Crippen LogP contribution in [0.25, 0.3) is 10.8 Å². The van der Waals surface area contributed by atoms with Gasteiger partial charge in [0.25, 0.3) is 0 Å². The molecule has 0 aliphatic rings. The average Bonchev–Trinajstić information content (AvgIpc) is 2.54. The molecule has 0 radical (unpaired) electrons. The van der Waals surface area contributed by atoms with E-state index in [0.29, 0.717) is 0 Å². The summed E-state index contributed by atoms with van der Waals surface area (Å²) in [7, 11) is -3.48. The molecule has 0 saturated carbocycles. The van der Waals surface area contributed by atoms with Gasteiger partial charge in [-0.3, -0.25) is 0 Å². The summed E-state index contributed by atoms with van der Waals surface area (Å²) < 4.78 is 27.1. The molecule has 0 heterocycles. The van der Waals surface area contributed by atoms with Crippen LogP contribution in [-0.2, 0) is 16.6 Å². The van der Waals surface area contributed by atoms with Crippen LogP contribution in [0.5, 0.6) is 0 Å². The van der Waals surface area contributed by atoms with Gasteiger partial charge < -0.3 is 0 Å².